The van der Waals surface area contributed by atoms with Crippen molar-refractivity contribution in [3.05, 3.63) is 18.1 Å². The Morgan fingerprint density at radius 2 is 2.44 bits per heavy atom. The highest BCUT2D eigenvalue weighted by Crippen LogP contribution is 2.28. The number of hydrogen-bond acceptors (Lipinski definition) is 4. The van der Waals surface area contributed by atoms with Crippen LogP contribution in [0, 0.1) is 0 Å². The molecule has 1 saturated heterocycles. The molecule has 0 bridgehead atoms. The predicted octanol–water partition coefficient (Wildman–Crippen LogP) is 1.85. The minimum absolute atomic E-state index is 0.0554. The Kier molecular flexibility index (Phi) is 2.25. The molecular weight excluding hydrogens is 204 g/mol. The molecule has 0 spiro atoms. The average Bonchev–Trinajstić information content (AvgIpc) is 2.97. The summed E-state index contributed by atoms with van der Waals surface area (Å²) in [6.45, 7) is 0.811. The second-order valence-corrected chi connectivity index (χ2v) is 3.92. The summed E-state index contributed by atoms with van der Waals surface area (Å²) in [7, 11) is 1.87. The molecule has 0 radical (unpaired) electrons. The number of rotatable bonds is 2. The van der Waals surface area contributed by atoms with Gasteiger partial charge in [0.05, 0.1) is 5.39 Å². The van der Waals surface area contributed by atoms with Gasteiger partial charge in [-0.15, -0.1) is 0 Å². The summed E-state index contributed by atoms with van der Waals surface area (Å²) < 4.78 is 5.60. The SMILES string of the molecule is CNc1nc(C2CCCO2)nc2[nH]ccc12. The monoisotopic (exact) mass is 218 g/mol. The van der Waals surface area contributed by atoms with Gasteiger partial charge in [-0.2, -0.15) is 0 Å². The Bertz CT molecular complexity index is 502. The molecule has 2 N–H and O–H groups in total. The van der Waals surface area contributed by atoms with Crippen LogP contribution in [0.1, 0.15) is 24.8 Å². The number of nitrogens with zero attached hydrogens (tertiary/aromatic N) is 2. The predicted molar refractivity (Wildman–Crippen MR) is 61.4 cm³/mol. The second-order valence-electron chi connectivity index (χ2n) is 3.92. The highest BCUT2D eigenvalue weighted by molar-refractivity contribution is 5.86. The van der Waals surface area contributed by atoms with Crippen LogP contribution in [0.3, 0.4) is 0 Å². The molecular formula is C11H14N4O. The highest BCUT2D eigenvalue weighted by Gasteiger charge is 2.22. The minimum atomic E-state index is 0.0554. The van der Waals surface area contributed by atoms with E-state index in [4.69, 9.17) is 4.74 Å². The number of fused-ring (bicyclic) bond motifs is 1. The lowest BCUT2D eigenvalue weighted by Crippen LogP contribution is -2.05. The van der Waals surface area contributed by atoms with Crippen LogP contribution in [0.15, 0.2) is 12.3 Å². The summed E-state index contributed by atoms with van der Waals surface area (Å²) in [4.78, 5) is 12.1. The molecule has 5 heteroatoms. The number of hydrogen-bond donors (Lipinski definition) is 2. The molecule has 5 nitrogen and oxygen atoms in total. The lowest BCUT2D eigenvalue weighted by Gasteiger charge is -2.10. The molecule has 1 fully saturated rings. The topological polar surface area (TPSA) is 62.8 Å². The molecule has 0 amide bonds. The third kappa shape index (κ3) is 1.44. The number of nitrogens with one attached hydrogen (secondary N) is 2. The Hall–Kier alpha value is -1.62. The van der Waals surface area contributed by atoms with Gasteiger partial charge in [-0.1, -0.05) is 0 Å². The smallest absolute Gasteiger partial charge is 0.161 e. The van der Waals surface area contributed by atoms with E-state index >= 15 is 0 Å². The first-order valence-electron chi connectivity index (χ1n) is 5.53. The number of aromatic amines is 1. The van der Waals surface area contributed by atoms with Crippen LogP contribution < -0.4 is 5.32 Å². The van der Waals surface area contributed by atoms with E-state index in [-0.39, 0.29) is 6.10 Å². The van der Waals surface area contributed by atoms with Crippen LogP contribution in [0.4, 0.5) is 5.82 Å². The summed E-state index contributed by atoms with van der Waals surface area (Å²) in [6.07, 6.45) is 4.03. The molecule has 3 heterocycles. The quantitative estimate of drug-likeness (QED) is 0.807. The molecule has 1 unspecified atom stereocenters. The fraction of sp³-hybridized carbons (Fsp3) is 0.455. The third-order valence-electron chi connectivity index (χ3n) is 2.89. The first-order valence-corrected chi connectivity index (χ1v) is 5.53. The van der Waals surface area contributed by atoms with Crippen molar-refractivity contribution < 1.29 is 4.74 Å². The van der Waals surface area contributed by atoms with Gasteiger partial charge in [0.25, 0.3) is 0 Å². The van der Waals surface area contributed by atoms with Crippen LogP contribution >= 0.6 is 0 Å². The standard InChI is InChI=1S/C11H14N4O/c1-12-9-7-4-5-13-10(7)15-11(14-9)8-3-2-6-16-8/h4-5,8H,2-3,6H2,1H3,(H2,12,13,14,15). The van der Waals surface area contributed by atoms with Crippen molar-refractivity contribution in [1.29, 1.82) is 0 Å². The van der Waals surface area contributed by atoms with Gasteiger partial charge in [-0.05, 0) is 18.9 Å². The Morgan fingerprint density at radius 1 is 1.50 bits per heavy atom. The van der Waals surface area contributed by atoms with Gasteiger partial charge in [-0.25, -0.2) is 9.97 Å². The fourth-order valence-corrected chi connectivity index (χ4v) is 2.07. The van der Waals surface area contributed by atoms with E-state index in [2.05, 4.69) is 20.3 Å². The number of ether oxygens (including phenoxy) is 1. The van der Waals surface area contributed by atoms with E-state index in [1.807, 2.05) is 19.3 Å². The fourth-order valence-electron chi connectivity index (χ4n) is 2.07. The van der Waals surface area contributed by atoms with Gasteiger partial charge in [0, 0.05) is 19.9 Å². The molecule has 1 aliphatic rings. The minimum Gasteiger partial charge on any atom is -0.372 e. The van der Waals surface area contributed by atoms with E-state index < -0.39 is 0 Å². The number of anilines is 1. The van der Waals surface area contributed by atoms with Crippen molar-refractivity contribution in [1.82, 2.24) is 15.0 Å². The Morgan fingerprint density at radius 3 is 3.19 bits per heavy atom. The van der Waals surface area contributed by atoms with Crippen LogP contribution in [-0.4, -0.2) is 28.6 Å². The molecule has 0 aliphatic carbocycles. The molecule has 84 valence electrons. The lowest BCUT2D eigenvalue weighted by molar-refractivity contribution is 0.105. The van der Waals surface area contributed by atoms with Crippen molar-refractivity contribution in [2.45, 2.75) is 18.9 Å². The highest BCUT2D eigenvalue weighted by atomic mass is 16.5. The van der Waals surface area contributed by atoms with Crippen LogP contribution in [0.2, 0.25) is 0 Å². The third-order valence-corrected chi connectivity index (χ3v) is 2.89. The van der Waals surface area contributed by atoms with Crippen molar-refractivity contribution in [3.63, 3.8) is 0 Å². The summed E-state index contributed by atoms with van der Waals surface area (Å²) in [6, 6.07) is 1.97. The molecule has 1 atom stereocenters. The molecule has 16 heavy (non-hydrogen) atoms. The zero-order valence-electron chi connectivity index (χ0n) is 9.16. The first kappa shape index (κ1) is 9.59. The maximum Gasteiger partial charge on any atom is 0.161 e. The average molecular weight is 218 g/mol. The van der Waals surface area contributed by atoms with Crippen LogP contribution in [0.5, 0.6) is 0 Å². The first-order chi connectivity index (χ1) is 7.88. The van der Waals surface area contributed by atoms with E-state index in [9.17, 15) is 0 Å². The summed E-state index contributed by atoms with van der Waals surface area (Å²) in [5.41, 5.74) is 0.866. The van der Waals surface area contributed by atoms with Gasteiger partial charge < -0.3 is 15.0 Å². The van der Waals surface area contributed by atoms with Gasteiger partial charge in [-0.3, -0.25) is 0 Å². The van der Waals surface area contributed by atoms with Crippen molar-refractivity contribution in [2.24, 2.45) is 0 Å². The molecule has 0 aromatic carbocycles. The van der Waals surface area contributed by atoms with Crippen molar-refractivity contribution in [2.75, 3.05) is 19.0 Å². The van der Waals surface area contributed by atoms with E-state index in [0.717, 1.165) is 42.1 Å². The van der Waals surface area contributed by atoms with E-state index in [1.165, 1.54) is 0 Å². The normalized spacial score (nSPS) is 20.4. The summed E-state index contributed by atoms with van der Waals surface area (Å²) in [5, 5.41) is 4.11. The number of aromatic nitrogens is 3. The molecule has 0 saturated carbocycles. The molecule has 3 rings (SSSR count). The largest absolute Gasteiger partial charge is 0.372 e. The lowest BCUT2D eigenvalue weighted by atomic mass is 10.2. The molecule has 1 aliphatic heterocycles. The summed E-state index contributed by atoms with van der Waals surface area (Å²) in [5.74, 6) is 1.63. The van der Waals surface area contributed by atoms with E-state index in [0.29, 0.717) is 0 Å². The van der Waals surface area contributed by atoms with Gasteiger partial charge >= 0.3 is 0 Å². The maximum absolute atomic E-state index is 5.60. The van der Waals surface area contributed by atoms with Crippen LogP contribution in [0.25, 0.3) is 11.0 Å². The van der Waals surface area contributed by atoms with Gasteiger partial charge in [0.15, 0.2) is 5.82 Å². The van der Waals surface area contributed by atoms with Crippen molar-refractivity contribution in [3.8, 4) is 0 Å². The Labute approximate surface area is 93.2 Å². The van der Waals surface area contributed by atoms with Gasteiger partial charge in [0.2, 0.25) is 0 Å². The van der Waals surface area contributed by atoms with E-state index in [1.54, 1.807) is 0 Å². The molecule has 2 aromatic heterocycles. The summed E-state index contributed by atoms with van der Waals surface area (Å²) >= 11 is 0. The number of H-pyrrole nitrogens is 1. The molecule has 2 aromatic rings. The second kappa shape index (κ2) is 3.75. The van der Waals surface area contributed by atoms with Gasteiger partial charge in [0.1, 0.15) is 17.6 Å². The van der Waals surface area contributed by atoms with Crippen molar-refractivity contribution >= 4 is 16.9 Å². The zero-order chi connectivity index (χ0) is 11.0. The zero-order valence-corrected chi connectivity index (χ0v) is 9.16. The Balaban J connectivity index is 2.10. The maximum atomic E-state index is 5.60. The van der Waals surface area contributed by atoms with Crippen LogP contribution in [-0.2, 0) is 4.74 Å².